The number of allylic oxidation sites excluding steroid dienone is 1. The van der Waals surface area contributed by atoms with Crippen molar-refractivity contribution in [3.8, 4) is 11.8 Å². The lowest BCUT2D eigenvalue weighted by atomic mass is 10.0. The van der Waals surface area contributed by atoms with Crippen molar-refractivity contribution >= 4 is 17.3 Å². The molecular formula is C16H12N2O3. The van der Waals surface area contributed by atoms with Crippen LogP contribution in [0.2, 0.25) is 0 Å². The Balaban J connectivity index is 2.31. The number of methoxy groups -OCH3 is 1. The van der Waals surface area contributed by atoms with Gasteiger partial charge in [-0.1, -0.05) is 12.1 Å². The molecule has 2 rings (SSSR count). The zero-order valence-corrected chi connectivity index (χ0v) is 11.3. The average molecular weight is 280 g/mol. The van der Waals surface area contributed by atoms with Crippen molar-refractivity contribution in [2.45, 2.75) is 0 Å². The van der Waals surface area contributed by atoms with E-state index in [2.05, 4.69) is 6.07 Å². The highest BCUT2D eigenvalue weighted by Crippen LogP contribution is 2.21. The second-order valence-electron chi connectivity index (χ2n) is 4.25. The van der Waals surface area contributed by atoms with Crippen LogP contribution in [-0.2, 0) is 0 Å². The molecule has 0 aromatic heterocycles. The molecule has 5 heteroatoms. The lowest BCUT2D eigenvalue weighted by molar-refractivity contribution is -0.384. The Morgan fingerprint density at radius 2 is 1.81 bits per heavy atom. The summed E-state index contributed by atoms with van der Waals surface area (Å²) in [5.41, 5.74) is 1.93. The Hall–Kier alpha value is -3.13. The Bertz CT molecular complexity index is 711. The molecule has 104 valence electrons. The zero-order valence-electron chi connectivity index (χ0n) is 11.3. The van der Waals surface area contributed by atoms with Gasteiger partial charge in [-0.05, 0) is 41.5 Å². The number of nitro groups is 1. The van der Waals surface area contributed by atoms with Crippen LogP contribution in [0.15, 0.2) is 48.5 Å². The second-order valence-corrected chi connectivity index (χ2v) is 4.25. The van der Waals surface area contributed by atoms with Crippen molar-refractivity contribution in [3.63, 3.8) is 0 Å². The van der Waals surface area contributed by atoms with Crippen LogP contribution in [-0.4, -0.2) is 12.0 Å². The van der Waals surface area contributed by atoms with Gasteiger partial charge in [0.15, 0.2) is 0 Å². The maximum absolute atomic E-state index is 10.6. The summed E-state index contributed by atoms with van der Waals surface area (Å²) < 4.78 is 5.07. The van der Waals surface area contributed by atoms with E-state index in [4.69, 9.17) is 4.74 Å². The molecular weight excluding hydrogens is 268 g/mol. The lowest BCUT2D eigenvalue weighted by Crippen LogP contribution is -1.88. The van der Waals surface area contributed by atoms with Crippen LogP contribution < -0.4 is 4.74 Å². The fourth-order valence-electron chi connectivity index (χ4n) is 1.81. The third-order valence-electron chi connectivity index (χ3n) is 2.94. The summed E-state index contributed by atoms with van der Waals surface area (Å²) in [5, 5.41) is 19.9. The topological polar surface area (TPSA) is 76.2 Å². The lowest BCUT2D eigenvalue weighted by Gasteiger charge is -2.02. The molecule has 0 heterocycles. The van der Waals surface area contributed by atoms with Gasteiger partial charge in [0.05, 0.1) is 23.7 Å². The van der Waals surface area contributed by atoms with E-state index >= 15 is 0 Å². The minimum Gasteiger partial charge on any atom is -0.497 e. The standard InChI is InChI=1S/C16H12N2O3/c1-21-16-8-2-12(3-9-16)10-14(11-17)13-4-6-15(7-5-13)18(19)20/h2-10H,1H3/b14-10+. The van der Waals surface area contributed by atoms with E-state index in [-0.39, 0.29) is 5.69 Å². The molecule has 2 aromatic carbocycles. The number of non-ortho nitro benzene ring substituents is 1. The molecule has 0 amide bonds. The Kier molecular flexibility index (Phi) is 4.32. The van der Waals surface area contributed by atoms with Crippen molar-refractivity contribution < 1.29 is 9.66 Å². The molecule has 0 aliphatic heterocycles. The van der Waals surface area contributed by atoms with E-state index in [0.29, 0.717) is 11.1 Å². The number of hydrogen-bond donors (Lipinski definition) is 0. The minimum absolute atomic E-state index is 0.000451. The minimum atomic E-state index is -0.469. The van der Waals surface area contributed by atoms with Crippen molar-refractivity contribution in [3.05, 3.63) is 69.8 Å². The number of nitro benzene ring substituents is 1. The summed E-state index contributed by atoms with van der Waals surface area (Å²) in [6.07, 6.45) is 1.72. The second kappa shape index (κ2) is 6.35. The highest BCUT2D eigenvalue weighted by atomic mass is 16.6. The number of benzene rings is 2. The number of ether oxygens (including phenoxy) is 1. The first-order valence-electron chi connectivity index (χ1n) is 6.14. The maximum Gasteiger partial charge on any atom is 0.269 e. The van der Waals surface area contributed by atoms with Gasteiger partial charge in [0.1, 0.15) is 5.75 Å². The first-order valence-corrected chi connectivity index (χ1v) is 6.14. The molecule has 0 saturated heterocycles. The molecule has 0 saturated carbocycles. The molecule has 0 atom stereocenters. The summed E-state index contributed by atoms with van der Waals surface area (Å²) in [7, 11) is 1.59. The zero-order chi connectivity index (χ0) is 15.2. The van der Waals surface area contributed by atoms with Crippen LogP contribution in [0, 0.1) is 21.4 Å². The van der Waals surface area contributed by atoms with Gasteiger partial charge in [-0.15, -0.1) is 0 Å². The SMILES string of the molecule is COc1ccc(/C=C(\C#N)c2ccc([N+](=O)[O-])cc2)cc1. The summed E-state index contributed by atoms with van der Waals surface area (Å²) in [4.78, 5) is 10.1. The first kappa shape index (κ1) is 14.3. The Morgan fingerprint density at radius 1 is 1.19 bits per heavy atom. The van der Waals surface area contributed by atoms with Gasteiger partial charge in [0.25, 0.3) is 5.69 Å². The molecule has 0 spiro atoms. The van der Waals surface area contributed by atoms with Gasteiger partial charge in [0, 0.05) is 12.1 Å². The number of nitriles is 1. The smallest absolute Gasteiger partial charge is 0.269 e. The molecule has 2 aromatic rings. The van der Waals surface area contributed by atoms with Crippen LogP contribution in [0.3, 0.4) is 0 Å². The van der Waals surface area contributed by atoms with Gasteiger partial charge in [-0.2, -0.15) is 5.26 Å². The van der Waals surface area contributed by atoms with Crippen molar-refractivity contribution in [1.82, 2.24) is 0 Å². The molecule has 0 bridgehead atoms. The van der Waals surface area contributed by atoms with Crippen LogP contribution >= 0.6 is 0 Å². The van der Waals surface area contributed by atoms with E-state index in [1.54, 1.807) is 37.5 Å². The van der Waals surface area contributed by atoms with Crippen LogP contribution in [0.25, 0.3) is 11.6 Å². The molecule has 0 fully saturated rings. The van der Waals surface area contributed by atoms with E-state index in [1.807, 2.05) is 12.1 Å². The highest BCUT2D eigenvalue weighted by Gasteiger charge is 2.06. The Labute approximate surface area is 121 Å². The van der Waals surface area contributed by atoms with E-state index in [1.165, 1.54) is 12.1 Å². The van der Waals surface area contributed by atoms with Crippen LogP contribution in [0.1, 0.15) is 11.1 Å². The molecule has 0 N–H and O–H groups in total. The summed E-state index contributed by atoms with van der Waals surface area (Å²) in [5.74, 6) is 0.737. The highest BCUT2D eigenvalue weighted by molar-refractivity contribution is 5.89. The predicted molar refractivity (Wildman–Crippen MR) is 79.6 cm³/mol. The van der Waals surface area contributed by atoms with E-state index in [0.717, 1.165) is 11.3 Å². The monoisotopic (exact) mass is 280 g/mol. The quantitative estimate of drug-likeness (QED) is 0.370. The maximum atomic E-state index is 10.6. The largest absolute Gasteiger partial charge is 0.497 e. The molecule has 0 radical (unpaired) electrons. The van der Waals surface area contributed by atoms with Gasteiger partial charge in [0.2, 0.25) is 0 Å². The molecule has 21 heavy (non-hydrogen) atoms. The number of nitrogens with zero attached hydrogens (tertiary/aromatic N) is 2. The van der Waals surface area contributed by atoms with Crippen LogP contribution in [0.4, 0.5) is 5.69 Å². The third kappa shape index (κ3) is 3.45. The van der Waals surface area contributed by atoms with Gasteiger partial charge in [-0.3, -0.25) is 10.1 Å². The van der Waals surface area contributed by atoms with Crippen molar-refractivity contribution in [2.24, 2.45) is 0 Å². The molecule has 0 aliphatic carbocycles. The molecule has 0 aliphatic rings. The van der Waals surface area contributed by atoms with E-state index in [9.17, 15) is 15.4 Å². The third-order valence-corrected chi connectivity index (χ3v) is 2.94. The summed E-state index contributed by atoms with van der Waals surface area (Å²) >= 11 is 0. The fourth-order valence-corrected chi connectivity index (χ4v) is 1.81. The van der Waals surface area contributed by atoms with Gasteiger partial charge < -0.3 is 4.74 Å². The van der Waals surface area contributed by atoms with Gasteiger partial charge >= 0.3 is 0 Å². The number of rotatable bonds is 4. The summed E-state index contributed by atoms with van der Waals surface area (Å²) in [6, 6.07) is 15.3. The van der Waals surface area contributed by atoms with E-state index < -0.39 is 4.92 Å². The number of hydrogen-bond acceptors (Lipinski definition) is 4. The normalized spacial score (nSPS) is 10.8. The van der Waals surface area contributed by atoms with Crippen LogP contribution in [0.5, 0.6) is 5.75 Å². The van der Waals surface area contributed by atoms with Gasteiger partial charge in [-0.25, -0.2) is 0 Å². The molecule has 0 unspecified atom stereocenters. The first-order chi connectivity index (χ1) is 10.1. The average Bonchev–Trinajstić information content (AvgIpc) is 2.53. The van der Waals surface area contributed by atoms with Crippen molar-refractivity contribution in [1.29, 1.82) is 5.26 Å². The van der Waals surface area contributed by atoms with Crippen molar-refractivity contribution in [2.75, 3.05) is 7.11 Å². The molecule has 5 nitrogen and oxygen atoms in total. The fraction of sp³-hybridized carbons (Fsp3) is 0.0625. The Morgan fingerprint density at radius 3 is 2.29 bits per heavy atom. The predicted octanol–water partition coefficient (Wildman–Crippen LogP) is 3.67. The summed E-state index contributed by atoms with van der Waals surface area (Å²) in [6.45, 7) is 0.